The highest BCUT2D eigenvalue weighted by atomic mass is 35.5. The number of hydrogen-bond donors (Lipinski definition) is 2. The third-order valence-electron chi connectivity index (χ3n) is 5.94. The molecule has 3 aromatic carbocycles. The lowest BCUT2D eigenvalue weighted by Gasteiger charge is -2.28. The minimum absolute atomic E-state index is 0.0172. The molecule has 0 saturated heterocycles. The van der Waals surface area contributed by atoms with E-state index < -0.39 is 5.50 Å². The number of carbonyl (C=O) groups excluding carboxylic acids is 2. The van der Waals surface area contributed by atoms with Crippen molar-refractivity contribution in [2.45, 2.75) is 24.4 Å². The van der Waals surface area contributed by atoms with Crippen molar-refractivity contribution in [2.75, 3.05) is 24.3 Å². The summed E-state index contributed by atoms with van der Waals surface area (Å²) in [6.45, 7) is 0. The number of fused-ring (bicyclic) bond motifs is 1. The van der Waals surface area contributed by atoms with Crippen LogP contribution in [0.2, 0.25) is 5.02 Å². The molecule has 1 aliphatic rings. The SMILES string of the molecule is CN(C)C1CCC(Cl)N(C(=O)c2ccc(NC(=O)c3ccccc3Cl)cc2)c2ccc(O)cc21. The molecule has 6 nitrogen and oxygen atoms in total. The molecule has 3 aromatic rings. The van der Waals surface area contributed by atoms with Crippen molar-refractivity contribution in [1.29, 1.82) is 0 Å². The number of benzene rings is 3. The van der Waals surface area contributed by atoms with Gasteiger partial charge in [-0.3, -0.25) is 14.5 Å². The second-order valence-corrected chi connectivity index (χ2v) is 9.33. The maximum absolute atomic E-state index is 13.5. The first-order valence-corrected chi connectivity index (χ1v) is 11.7. The summed E-state index contributed by atoms with van der Waals surface area (Å²) in [4.78, 5) is 29.7. The minimum Gasteiger partial charge on any atom is -0.508 e. The van der Waals surface area contributed by atoms with Crippen molar-refractivity contribution in [2.24, 2.45) is 0 Å². The van der Waals surface area contributed by atoms with E-state index in [4.69, 9.17) is 23.2 Å². The summed E-state index contributed by atoms with van der Waals surface area (Å²) in [5.41, 5.74) is 2.33. The van der Waals surface area contributed by atoms with Crippen LogP contribution >= 0.6 is 23.2 Å². The number of aromatic hydroxyl groups is 1. The number of phenols is 1. The van der Waals surface area contributed by atoms with Gasteiger partial charge in [-0.25, -0.2) is 0 Å². The lowest BCUT2D eigenvalue weighted by Crippen LogP contribution is -2.37. The number of rotatable bonds is 4. The quantitative estimate of drug-likeness (QED) is 0.347. The predicted octanol–water partition coefficient (Wildman–Crippen LogP) is 5.91. The zero-order valence-corrected chi connectivity index (χ0v) is 20.3. The van der Waals surface area contributed by atoms with Crippen LogP contribution in [0, 0.1) is 0 Å². The molecular weight excluding hydrogens is 473 g/mol. The van der Waals surface area contributed by atoms with E-state index in [0.717, 1.165) is 12.0 Å². The Morgan fingerprint density at radius 3 is 2.41 bits per heavy atom. The second-order valence-electron chi connectivity index (χ2n) is 8.42. The first-order valence-electron chi connectivity index (χ1n) is 10.9. The van der Waals surface area contributed by atoms with Crippen LogP contribution in [-0.2, 0) is 0 Å². The van der Waals surface area contributed by atoms with Crippen molar-refractivity contribution in [3.05, 3.63) is 88.4 Å². The molecule has 2 atom stereocenters. The molecule has 1 heterocycles. The molecule has 2 amide bonds. The van der Waals surface area contributed by atoms with Gasteiger partial charge < -0.3 is 15.3 Å². The molecule has 0 bridgehead atoms. The fourth-order valence-electron chi connectivity index (χ4n) is 4.21. The summed E-state index contributed by atoms with van der Waals surface area (Å²) >= 11 is 12.8. The van der Waals surface area contributed by atoms with E-state index in [1.54, 1.807) is 71.6 Å². The largest absolute Gasteiger partial charge is 0.508 e. The van der Waals surface area contributed by atoms with E-state index in [1.165, 1.54) is 0 Å². The van der Waals surface area contributed by atoms with Gasteiger partial charge in [0.25, 0.3) is 11.8 Å². The van der Waals surface area contributed by atoms with Crippen LogP contribution < -0.4 is 10.2 Å². The Kier molecular flexibility index (Phi) is 7.12. The maximum Gasteiger partial charge on any atom is 0.259 e. The molecule has 1 aliphatic heterocycles. The number of halogens is 2. The summed E-state index contributed by atoms with van der Waals surface area (Å²) in [7, 11) is 3.93. The first kappa shape index (κ1) is 24.1. The lowest BCUT2D eigenvalue weighted by atomic mass is 10.00. The summed E-state index contributed by atoms with van der Waals surface area (Å²) in [6, 6.07) is 18.5. The second kappa shape index (κ2) is 10.1. The molecule has 34 heavy (non-hydrogen) atoms. The molecule has 0 aromatic heterocycles. The van der Waals surface area contributed by atoms with E-state index in [1.807, 2.05) is 14.1 Å². The molecule has 0 radical (unpaired) electrons. The molecule has 8 heteroatoms. The molecule has 176 valence electrons. The van der Waals surface area contributed by atoms with Crippen LogP contribution in [-0.4, -0.2) is 41.4 Å². The number of amides is 2. The molecule has 2 unspecified atom stereocenters. The summed E-state index contributed by atoms with van der Waals surface area (Å²) in [5.74, 6) is -0.443. The van der Waals surface area contributed by atoms with Gasteiger partial charge in [-0.05, 0) is 87.1 Å². The Labute approximate surface area is 208 Å². The third kappa shape index (κ3) is 4.89. The number of phenolic OH excluding ortho intramolecular Hbond substituents is 1. The number of hydrogen-bond acceptors (Lipinski definition) is 4. The van der Waals surface area contributed by atoms with Gasteiger partial charge >= 0.3 is 0 Å². The number of nitrogens with zero attached hydrogens (tertiary/aromatic N) is 2. The summed E-state index contributed by atoms with van der Waals surface area (Å²) in [6.07, 6.45) is 1.34. The summed E-state index contributed by atoms with van der Waals surface area (Å²) in [5, 5.41) is 13.3. The Morgan fingerprint density at radius 1 is 1.03 bits per heavy atom. The molecule has 4 rings (SSSR count). The fraction of sp³-hybridized carbons (Fsp3) is 0.231. The van der Waals surface area contributed by atoms with Crippen LogP contribution in [0.3, 0.4) is 0 Å². The lowest BCUT2D eigenvalue weighted by molar-refractivity contribution is 0.0982. The third-order valence-corrected chi connectivity index (χ3v) is 6.68. The van der Waals surface area contributed by atoms with Crippen LogP contribution in [0.5, 0.6) is 5.75 Å². The van der Waals surface area contributed by atoms with E-state index in [0.29, 0.717) is 33.9 Å². The molecular formula is C26H25Cl2N3O3. The van der Waals surface area contributed by atoms with Gasteiger partial charge in [-0.15, -0.1) is 0 Å². The van der Waals surface area contributed by atoms with Gasteiger partial charge in [-0.2, -0.15) is 0 Å². The Bertz CT molecular complexity index is 1210. The monoisotopic (exact) mass is 497 g/mol. The van der Waals surface area contributed by atoms with E-state index in [9.17, 15) is 14.7 Å². The highest BCUT2D eigenvalue weighted by Gasteiger charge is 2.33. The smallest absolute Gasteiger partial charge is 0.259 e. The standard InChI is InChI=1S/C26H25Cl2N3O3/c1-30(2)22-13-14-24(28)31(23-12-11-18(32)15-20(22)23)26(34)16-7-9-17(10-8-16)29-25(33)19-5-3-4-6-21(19)27/h3-12,15,22,24,32H,13-14H2,1-2H3,(H,29,33). The Morgan fingerprint density at radius 2 is 1.74 bits per heavy atom. The van der Waals surface area contributed by atoms with Gasteiger partial charge in [0.1, 0.15) is 11.3 Å². The number of nitrogens with one attached hydrogen (secondary N) is 1. The zero-order valence-electron chi connectivity index (χ0n) is 18.8. The van der Waals surface area contributed by atoms with Gasteiger partial charge in [-0.1, -0.05) is 35.3 Å². The molecule has 2 N–H and O–H groups in total. The minimum atomic E-state index is -0.541. The normalized spacial score (nSPS) is 17.7. The van der Waals surface area contributed by atoms with Gasteiger partial charge in [0.15, 0.2) is 0 Å². The molecule has 0 aliphatic carbocycles. The van der Waals surface area contributed by atoms with Gasteiger partial charge in [0.2, 0.25) is 0 Å². The van der Waals surface area contributed by atoms with Gasteiger partial charge in [0, 0.05) is 17.3 Å². The zero-order chi connectivity index (χ0) is 24.4. The maximum atomic E-state index is 13.5. The van der Waals surface area contributed by atoms with Crippen LogP contribution in [0.25, 0.3) is 0 Å². The van der Waals surface area contributed by atoms with Crippen LogP contribution in [0.1, 0.15) is 45.2 Å². The average Bonchev–Trinajstić information content (AvgIpc) is 2.95. The average molecular weight is 498 g/mol. The predicted molar refractivity (Wildman–Crippen MR) is 136 cm³/mol. The fourth-order valence-corrected chi connectivity index (χ4v) is 4.75. The molecule has 0 fully saturated rings. The molecule has 0 saturated carbocycles. The molecule has 0 spiro atoms. The van der Waals surface area contributed by atoms with Crippen molar-refractivity contribution in [1.82, 2.24) is 4.90 Å². The van der Waals surface area contributed by atoms with Crippen molar-refractivity contribution >= 4 is 46.4 Å². The van der Waals surface area contributed by atoms with E-state index in [2.05, 4.69) is 10.2 Å². The number of anilines is 2. The number of carbonyl (C=O) groups is 2. The van der Waals surface area contributed by atoms with Gasteiger partial charge in [0.05, 0.1) is 16.3 Å². The van der Waals surface area contributed by atoms with E-state index in [-0.39, 0.29) is 23.6 Å². The van der Waals surface area contributed by atoms with Crippen LogP contribution in [0.15, 0.2) is 66.7 Å². The summed E-state index contributed by atoms with van der Waals surface area (Å²) < 4.78 is 0. The highest BCUT2D eigenvalue weighted by Crippen LogP contribution is 2.41. The van der Waals surface area contributed by atoms with Crippen molar-refractivity contribution in [3.63, 3.8) is 0 Å². The Balaban J connectivity index is 1.60. The highest BCUT2D eigenvalue weighted by molar-refractivity contribution is 6.34. The first-order chi connectivity index (χ1) is 16.3. The number of alkyl halides is 1. The van der Waals surface area contributed by atoms with Crippen molar-refractivity contribution < 1.29 is 14.7 Å². The topological polar surface area (TPSA) is 72.9 Å². The van der Waals surface area contributed by atoms with E-state index >= 15 is 0 Å². The Hall–Kier alpha value is -3.06. The van der Waals surface area contributed by atoms with Crippen LogP contribution in [0.4, 0.5) is 11.4 Å². The van der Waals surface area contributed by atoms with Crippen molar-refractivity contribution in [3.8, 4) is 5.75 Å².